The minimum Gasteiger partial charge on any atom is -0.396 e. The second-order valence-electron chi connectivity index (χ2n) is 3.77. The summed E-state index contributed by atoms with van der Waals surface area (Å²) < 4.78 is 0. The molecule has 102 valence electrons. The number of benzene rings is 1. The van der Waals surface area contributed by atoms with Crippen molar-refractivity contribution in [3.63, 3.8) is 0 Å². The third-order valence-corrected chi connectivity index (χ3v) is 2.58. The maximum Gasteiger partial charge on any atom is 0.190 e. The molecule has 0 fully saturated rings. The van der Waals surface area contributed by atoms with Crippen LogP contribution in [0.3, 0.4) is 0 Å². The molecule has 0 radical (unpaired) electrons. The molecule has 1 atom stereocenters. The molecular formula is C13H22IN3O. The molecule has 1 rings (SSSR count). The summed E-state index contributed by atoms with van der Waals surface area (Å²) in [4.78, 5) is 4.09. The predicted octanol–water partition coefficient (Wildman–Crippen LogP) is 1.57. The van der Waals surface area contributed by atoms with Crippen LogP contribution in [0.25, 0.3) is 0 Å². The molecule has 0 aliphatic heterocycles. The summed E-state index contributed by atoms with van der Waals surface area (Å²) >= 11 is 0. The molecule has 0 aliphatic carbocycles. The van der Waals surface area contributed by atoms with E-state index in [4.69, 9.17) is 0 Å². The summed E-state index contributed by atoms with van der Waals surface area (Å²) in [5.74, 6) is 0.855. The van der Waals surface area contributed by atoms with E-state index >= 15 is 0 Å². The normalized spacial score (nSPS) is 12.5. The van der Waals surface area contributed by atoms with Crippen molar-refractivity contribution in [2.75, 3.05) is 26.7 Å². The highest BCUT2D eigenvalue weighted by molar-refractivity contribution is 14.0. The lowest BCUT2D eigenvalue weighted by molar-refractivity contribution is 0.265. The van der Waals surface area contributed by atoms with Gasteiger partial charge in [-0.1, -0.05) is 30.3 Å². The largest absolute Gasteiger partial charge is 0.396 e. The van der Waals surface area contributed by atoms with Crippen molar-refractivity contribution in [1.29, 1.82) is 0 Å². The molecule has 4 nitrogen and oxygen atoms in total. The Balaban J connectivity index is 0.00000289. The number of guanidine groups is 1. The minimum absolute atomic E-state index is 0. The Morgan fingerprint density at radius 1 is 1.28 bits per heavy atom. The van der Waals surface area contributed by atoms with E-state index in [-0.39, 0.29) is 36.5 Å². The molecule has 0 saturated heterocycles. The molecule has 0 bridgehead atoms. The van der Waals surface area contributed by atoms with Crippen LogP contribution in [0.2, 0.25) is 0 Å². The van der Waals surface area contributed by atoms with Gasteiger partial charge in [0, 0.05) is 26.1 Å². The lowest BCUT2D eigenvalue weighted by Gasteiger charge is -2.17. The Bertz CT molecular complexity index is 343. The van der Waals surface area contributed by atoms with Crippen LogP contribution >= 0.6 is 24.0 Å². The summed E-state index contributed by atoms with van der Waals surface area (Å²) in [6, 6.07) is 9.99. The van der Waals surface area contributed by atoms with Crippen LogP contribution in [0.1, 0.15) is 18.4 Å². The quantitative estimate of drug-likeness (QED) is 0.423. The summed E-state index contributed by atoms with van der Waals surface area (Å²) in [5.41, 5.74) is 1.13. The highest BCUT2D eigenvalue weighted by Gasteiger charge is 2.10. The third kappa shape index (κ3) is 5.68. The van der Waals surface area contributed by atoms with Gasteiger partial charge in [0.05, 0.1) is 6.61 Å². The first-order chi connectivity index (χ1) is 8.31. The van der Waals surface area contributed by atoms with Gasteiger partial charge in [-0.25, -0.2) is 0 Å². The number of aliphatic imine (C=N–C) groups is 1. The highest BCUT2D eigenvalue weighted by atomic mass is 127. The molecule has 0 amide bonds. The summed E-state index contributed by atoms with van der Waals surface area (Å²) in [7, 11) is 1.74. The van der Waals surface area contributed by atoms with Gasteiger partial charge in [0.2, 0.25) is 0 Å². The first-order valence-corrected chi connectivity index (χ1v) is 5.92. The Morgan fingerprint density at radius 2 is 1.94 bits per heavy atom. The first-order valence-electron chi connectivity index (χ1n) is 5.92. The number of rotatable bonds is 5. The number of aliphatic hydroxyl groups excluding tert-OH is 1. The fourth-order valence-electron chi connectivity index (χ4n) is 1.62. The Morgan fingerprint density at radius 3 is 2.44 bits per heavy atom. The van der Waals surface area contributed by atoms with Gasteiger partial charge in [-0.05, 0) is 12.5 Å². The van der Waals surface area contributed by atoms with Crippen molar-refractivity contribution in [1.82, 2.24) is 10.6 Å². The maximum atomic E-state index is 9.39. The van der Waals surface area contributed by atoms with Gasteiger partial charge in [0.15, 0.2) is 5.96 Å². The van der Waals surface area contributed by atoms with Crippen LogP contribution < -0.4 is 10.6 Å². The van der Waals surface area contributed by atoms with Gasteiger partial charge in [-0.2, -0.15) is 0 Å². The highest BCUT2D eigenvalue weighted by Crippen LogP contribution is 2.13. The Labute approximate surface area is 126 Å². The van der Waals surface area contributed by atoms with Gasteiger partial charge in [0.25, 0.3) is 0 Å². The predicted molar refractivity (Wildman–Crippen MR) is 86.7 cm³/mol. The van der Waals surface area contributed by atoms with Crippen LogP contribution in [-0.4, -0.2) is 37.8 Å². The second kappa shape index (κ2) is 10.1. The zero-order chi connectivity index (χ0) is 12.5. The van der Waals surface area contributed by atoms with Crippen molar-refractivity contribution in [3.8, 4) is 0 Å². The molecular weight excluding hydrogens is 341 g/mol. The molecule has 0 spiro atoms. The number of hydrogen-bond donors (Lipinski definition) is 3. The fraction of sp³-hybridized carbons (Fsp3) is 0.462. The van der Waals surface area contributed by atoms with Gasteiger partial charge < -0.3 is 15.7 Å². The molecule has 0 aromatic heterocycles. The lowest BCUT2D eigenvalue weighted by atomic mass is 10.0. The van der Waals surface area contributed by atoms with Gasteiger partial charge >= 0.3 is 0 Å². The third-order valence-electron chi connectivity index (χ3n) is 2.58. The van der Waals surface area contributed by atoms with E-state index < -0.39 is 0 Å². The van der Waals surface area contributed by atoms with E-state index in [0.29, 0.717) is 6.54 Å². The molecule has 1 aromatic rings. The van der Waals surface area contributed by atoms with Crippen LogP contribution in [0.4, 0.5) is 0 Å². The number of aliphatic hydroxyl groups is 1. The van der Waals surface area contributed by atoms with E-state index in [9.17, 15) is 5.11 Å². The van der Waals surface area contributed by atoms with E-state index in [0.717, 1.165) is 18.1 Å². The second-order valence-corrected chi connectivity index (χ2v) is 3.77. The Kier molecular flexibility index (Phi) is 9.67. The maximum absolute atomic E-state index is 9.39. The monoisotopic (exact) mass is 363 g/mol. The Hall–Kier alpha value is -0.820. The van der Waals surface area contributed by atoms with Crippen LogP contribution in [0, 0.1) is 0 Å². The average Bonchev–Trinajstić information content (AvgIpc) is 2.39. The van der Waals surface area contributed by atoms with Gasteiger partial charge in [-0.3, -0.25) is 4.99 Å². The first kappa shape index (κ1) is 17.2. The summed E-state index contributed by atoms with van der Waals surface area (Å²) in [5, 5.41) is 15.7. The minimum atomic E-state index is 0. The topological polar surface area (TPSA) is 56.7 Å². The van der Waals surface area contributed by atoms with E-state index in [1.165, 1.54) is 0 Å². The molecule has 0 aliphatic rings. The zero-order valence-electron chi connectivity index (χ0n) is 10.9. The number of hydrogen-bond acceptors (Lipinski definition) is 2. The molecule has 0 saturated carbocycles. The van der Waals surface area contributed by atoms with Crippen molar-refractivity contribution >= 4 is 29.9 Å². The molecule has 1 aromatic carbocycles. The van der Waals surface area contributed by atoms with E-state index in [1.807, 2.05) is 37.3 Å². The lowest BCUT2D eigenvalue weighted by Crippen LogP contribution is -2.39. The van der Waals surface area contributed by atoms with Crippen molar-refractivity contribution < 1.29 is 5.11 Å². The molecule has 3 N–H and O–H groups in total. The zero-order valence-corrected chi connectivity index (χ0v) is 13.2. The van der Waals surface area contributed by atoms with Gasteiger partial charge in [-0.15, -0.1) is 24.0 Å². The van der Waals surface area contributed by atoms with Crippen molar-refractivity contribution in [2.45, 2.75) is 12.8 Å². The molecule has 0 heterocycles. The molecule has 1 unspecified atom stereocenters. The van der Waals surface area contributed by atoms with Crippen LogP contribution in [-0.2, 0) is 0 Å². The van der Waals surface area contributed by atoms with Crippen molar-refractivity contribution in [3.05, 3.63) is 35.9 Å². The number of halogens is 1. The van der Waals surface area contributed by atoms with Crippen LogP contribution in [0.5, 0.6) is 0 Å². The SMILES string of the molecule is CCNC(=NC)NCC(CO)c1ccccc1.I. The van der Waals surface area contributed by atoms with Gasteiger partial charge in [0.1, 0.15) is 0 Å². The molecule has 5 heteroatoms. The van der Waals surface area contributed by atoms with E-state index in [2.05, 4.69) is 15.6 Å². The summed E-state index contributed by atoms with van der Waals surface area (Å²) in [6.07, 6.45) is 0. The van der Waals surface area contributed by atoms with Crippen molar-refractivity contribution in [2.24, 2.45) is 4.99 Å². The fourth-order valence-corrected chi connectivity index (χ4v) is 1.62. The smallest absolute Gasteiger partial charge is 0.190 e. The van der Waals surface area contributed by atoms with Crippen LogP contribution in [0.15, 0.2) is 35.3 Å². The summed E-state index contributed by atoms with van der Waals surface area (Å²) in [6.45, 7) is 3.64. The average molecular weight is 363 g/mol. The number of nitrogens with one attached hydrogen (secondary N) is 2. The number of nitrogens with zero attached hydrogens (tertiary/aromatic N) is 1. The molecule has 18 heavy (non-hydrogen) atoms. The standard InChI is InChI=1S/C13H21N3O.HI/c1-3-15-13(14-2)16-9-12(10-17)11-7-5-4-6-8-11;/h4-8,12,17H,3,9-10H2,1-2H3,(H2,14,15,16);1H. The van der Waals surface area contributed by atoms with E-state index in [1.54, 1.807) is 7.05 Å².